The van der Waals surface area contributed by atoms with Crippen LogP contribution in [0.2, 0.25) is 0 Å². The van der Waals surface area contributed by atoms with Crippen LogP contribution in [0.4, 0.5) is 0 Å². The first-order chi connectivity index (χ1) is 12.5. The molecule has 136 valence electrons. The number of aryl methyl sites for hydroxylation is 2. The van der Waals surface area contributed by atoms with Crippen molar-refractivity contribution in [3.63, 3.8) is 0 Å². The van der Waals surface area contributed by atoms with Crippen LogP contribution in [-0.2, 0) is 22.9 Å². The highest BCUT2D eigenvalue weighted by Gasteiger charge is 2.14. The van der Waals surface area contributed by atoms with Gasteiger partial charge in [-0.25, -0.2) is 13.1 Å². The molecule has 0 saturated carbocycles. The zero-order valence-corrected chi connectivity index (χ0v) is 15.6. The van der Waals surface area contributed by atoms with Crippen molar-refractivity contribution in [2.75, 3.05) is 6.54 Å². The van der Waals surface area contributed by atoms with Gasteiger partial charge in [0.25, 0.3) is 0 Å². The predicted octanol–water partition coefficient (Wildman–Crippen LogP) is 3.13. The van der Waals surface area contributed by atoms with E-state index in [2.05, 4.69) is 14.9 Å². The maximum absolute atomic E-state index is 12.3. The summed E-state index contributed by atoms with van der Waals surface area (Å²) in [5, 5.41) is 3.96. The standard InChI is InChI=1S/C19H21N3O3S/c1-3-15-7-9-17(10-8-15)26(23,24)20-12-11-18-21-19(22-25-18)16-6-4-5-14(2)13-16/h4-10,13,20H,3,11-12H2,1-2H3. The lowest BCUT2D eigenvalue weighted by Crippen LogP contribution is -2.26. The first-order valence-electron chi connectivity index (χ1n) is 8.46. The summed E-state index contributed by atoms with van der Waals surface area (Å²) >= 11 is 0. The fourth-order valence-electron chi connectivity index (χ4n) is 2.54. The SMILES string of the molecule is CCc1ccc(S(=O)(=O)NCCc2nc(-c3cccc(C)c3)no2)cc1. The van der Waals surface area contributed by atoms with E-state index in [-0.39, 0.29) is 11.4 Å². The number of hydrogen-bond donors (Lipinski definition) is 1. The van der Waals surface area contributed by atoms with Gasteiger partial charge in [-0.15, -0.1) is 0 Å². The van der Waals surface area contributed by atoms with Crippen LogP contribution in [0.5, 0.6) is 0 Å². The summed E-state index contributed by atoms with van der Waals surface area (Å²) in [5.74, 6) is 0.896. The number of rotatable bonds is 7. The Bertz CT molecular complexity index is 979. The highest BCUT2D eigenvalue weighted by Crippen LogP contribution is 2.17. The number of nitrogens with zero attached hydrogens (tertiary/aromatic N) is 2. The monoisotopic (exact) mass is 371 g/mol. The molecule has 1 N–H and O–H groups in total. The Hall–Kier alpha value is -2.51. The molecule has 0 aliphatic carbocycles. The van der Waals surface area contributed by atoms with Crippen LogP contribution in [0.25, 0.3) is 11.4 Å². The van der Waals surface area contributed by atoms with E-state index in [0.717, 1.165) is 23.1 Å². The van der Waals surface area contributed by atoms with Gasteiger partial charge in [0.05, 0.1) is 4.90 Å². The Morgan fingerprint density at radius 2 is 1.88 bits per heavy atom. The van der Waals surface area contributed by atoms with E-state index in [9.17, 15) is 8.42 Å². The molecule has 0 aliphatic rings. The molecule has 3 rings (SSSR count). The van der Waals surface area contributed by atoms with Crippen LogP contribution in [0.1, 0.15) is 23.9 Å². The van der Waals surface area contributed by atoms with Crippen LogP contribution in [0.3, 0.4) is 0 Å². The minimum Gasteiger partial charge on any atom is -0.339 e. The van der Waals surface area contributed by atoms with Gasteiger partial charge in [-0.2, -0.15) is 4.98 Å². The first-order valence-corrected chi connectivity index (χ1v) is 9.94. The van der Waals surface area contributed by atoms with Crippen LogP contribution >= 0.6 is 0 Å². The lowest BCUT2D eigenvalue weighted by atomic mass is 10.1. The molecule has 0 atom stereocenters. The van der Waals surface area contributed by atoms with Gasteiger partial charge in [0.2, 0.25) is 21.7 Å². The Kier molecular flexibility index (Phi) is 5.49. The van der Waals surface area contributed by atoms with E-state index in [0.29, 0.717) is 18.1 Å². The van der Waals surface area contributed by atoms with Gasteiger partial charge in [0.15, 0.2) is 0 Å². The van der Waals surface area contributed by atoms with E-state index in [1.165, 1.54) is 0 Å². The van der Waals surface area contributed by atoms with Crippen molar-refractivity contribution in [3.8, 4) is 11.4 Å². The molecule has 0 fully saturated rings. The molecule has 1 aromatic heterocycles. The topological polar surface area (TPSA) is 85.1 Å². The molecule has 3 aromatic rings. The summed E-state index contributed by atoms with van der Waals surface area (Å²) in [6, 6.07) is 14.7. The van der Waals surface area contributed by atoms with E-state index in [1.54, 1.807) is 12.1 Å². The highest BCUT2D eigenvalue weighted by molar-refractivity contribution is 7.89. The average Bonchev–Trinajstić information content (AvgIpc) is 3.10. The highest BCUT2D eigenvalue weighted by atomic mass is 32.2. The fraction of sp³-hybridized carbons (Fsp3) is 0.263. The van der Waals surface area contributed by atoms with Gasteiger partial charge in [-0.3, -0.25) is 0 Å². The molecule has 1 heterocycles. The second-order valence-corrected chi connectivity index (χ2v) is 7.79. The zero-order valence-electron chi connectivity index (χ0n) is 14.8. The maximum atomic E-state index is 12.3. The van der Waals surface area contributed by atoms with Gasteiger partial charge in [0, 0.05) is 18.5 Å². The number of hydrogen-bond acceptors (Lipinski definition) is 5. The van der Waals surface area contributed by atoms with Gasteiger partial charge < -0.3 is 4.52 Å². The molecule has 0 amide bonds. The van der Waals surface area contributed by atoms with E-state index >= 15 is 0 Å². The molecular weight excluding hydrogens is 350 g/mol. The van der Waals surface area contributed by atoms with E-state index in [4.69, 9.17) is 4.52 Å². The van der Waals surface area contributed by atoms with E-state index in [1.807, 2.05) is 50.2 Å². The van der Waals surface area contributed by atoms with Crippen LogP contribution in [-0.4, -0.2) is 25.1 Å². The number of aromatic nitrogens is 2. The Morgan fingerprint density at radius 1 is 1.12 bits per heavy atom. The normalized spacial score (nSPS) is 11.6. The van der Waals surface area contributed by atoms with Crippen molar-refractivity contribution in [1.29, 1.82) is 0 Å². The van der Waals surface area contributed by atoms with E-state index < -0.39 is 10.0 Å². The number of nitrogens with one attached hydrogen (secondary N) is 1. The molecule has 0 saturated heterocycles. The maximum Gasteiger partial charge on any atom is 0.240 e. The van der Waals surface area contributed by atoms with Crippen molar-refractivity contribution < 1.29 is 12.9 Å². The Morgan fingerprint density at radius 3 is 2.58 bits per heavy atom. The summed E-state index contributed by atoms with van der Waals surface area (Å²) in [5.41, 5.74) is 3.07. The van der Waals surface area contributed by atoms with Crippen LogP contribution in [0, 0.1) is 6.92 Å². The largest absolute Gasteiger partial charge is 0.339 e. The zero-order chi connectivity index (χ0) is 18.6. The first kappa shape index (κ1) is 18.3. The smallest absolute Gasteiger partial charge is 0.240 e. The molecule has 0 unspecified atom stereocenters. The van der Waals surface area contributed by atoms with Gasteiger partial charge >= 0.3 is 0 Å². The third-order valence-electron chi connectivity index (χ3n) is 4.02. The summed E-state index contributed by atoms with van der Waals surface area (Å²) in [4.78, 5) is 4.57. The quantitative estimate of drug-likeness (QED) is 0.690. The van der Waals surface area contributed by atoms with Crippen molar-refractivity contribution in [3.05, 3.63) is 65.5 Å². The minimum absolute atomic E-state index is 0.188. The molecule has 0 bridgehead atoms. The summed E-state index contributed by atoms with van der Waals surface area (Å²) in [7, 11) is -3.55. The van der Waals surface area contributed by atoms with Crippen molar-refractivity contribution in [2.24, 2.45) is 0 Å². The van der Waals surface area contributed by atoms with Gasteiger partial charge in [-0.05, 0) is 37.1 Å². The average molecular weight is 371 g/mol. The number of sulfonamides is 1. The minimum atomic E-state index is -3.55. The molecule has 0 aliphatic heterocycles. The molecule has 0 radical (unpaired) electrons. The van der Waals surface area contributed by atoms with Crippen molar-refractivity contribution in [1.82, 2.24) is 14.9 Å². The van der Waals surface area contributed by atoms with Crippen LogP contribution in [0.15, 0.2) is 57.9 Å². The molecular formula is C19H21N3O3S. The Balaban J connectivity index is 1.61. The van der Waals surface area contributed by atoms with Crippen molar-refractivity contribution >= 4 is 10.0 Å². The van der Waals surface area contributed by atoms with Gasteiger partial charge in [0.1, 0.15) is 0 Å². The second kappa shape index (κ2) is 7.80. The molecule has 2 aromatic carbocycles. The summed E-state index contributed by atoms with van der Waals surface area (Å²) in [6.45, 7) is 4.21. The van der Waals surface area contributed by atoms with Crippen molar-refractivity contribution in [2.45, 2.75) is 31.6 Å². The fourth-order valence-corrected chi connectivity index (χ4v) is 3.57. The lowest BCUT2D eigenvalue weighted by Gasteiger charge is -2.06. The lowest BCUT2D eigenvalue weighted by molar-refractivity contribution is 0.379. The third-order valence-corrected chi connectivity index (χ3v) is 5.49. The number of benzene rings is 2. The second-order valence-electron chi connectivity index (χ2n) is 6.03. The van der Waals surface area contributed by atoms with Gasteiger partial charge in [-0.1, -0.05) is 48.0 Å². The third kappa shape index (κ3) is 4.36. The molecule has 7 heteroatoms. The summed E-state index contributed by atoms with van der Waals surface area (Å²) in [6.07, 6.45) is 1.19. The summed E-state index contributed by atoms with van der Waals surface area (Å²) < 4.78 is 32.4. The molecule has 26 heavy (non-hydrogen) atoms. The molecule has 6 nitrogen and oxygen atoms in total. The Labute approximate surface area is 153 Å². The van der Waals surface area contributed by atoms with Crippen LogP contribution < -0.4 is 4.72 Å². The molecule has 0 spiro atoms. The predicted molar refractivity (Wildman–Crippen MR) is 99.2 cm³/mol.